The highest BCUT2D eigenvalue weighted by Gasteiger charge is 2.32. The van der Waals surface area contributed by atoms with Crippen LogP contribution in [0.15, 0.2) is 24.3 Å². The van der Waals surface area contributed by atoms with Crippen LogP contribution in [0.1, 0.15) is 5.56 Å². The van der Waals surface area contributed by atoms with Crippen molar-refractivity contribution in [2.45, 2.75) is 23.4 Å². The van der Waals surface area contributed by atoms with Crippen LogP contribution < -0.4 is 10.6 Å². The summed E-state index contributed by atoms with van der Waals surface area (Å²) < 4.78 is -2.22. The van der Waals surface area contributed by atoms with E-state index in [1.165, 1.54) is 0 Å². The molecule has 0 aliphatic carbocycles. The Bertz CT molecular complexity index is 760. The predicted octanol–water partition coefficient (Wildman–Crippen LogP) is 3.94. The maximum Gasteiger partial charge on any atom is 0.326 e. The number of anilines is 1. The first-order valence-electron chi connectivity index (χ1n) is 6.80. The smallest absolute Gasteiger partial charge is 0.306 e. The number of carbonyl (C=O) groups is 2. The molecule has 0 radical (unpaired) electrons. The monoisotopic (exact) mass is 400 g/mol. The molecular formula is C16H15Cl3N2O2Si. The Kier molecular flexibility index (Phi) is 7.20. The topological polar surface area (TPSA) is 58.2 Å². The third kappa shape index (κ3) is 7.76. The molecule has 0 bridgehead atoms. The van der Waals surface area contributed by atoms with Gasteiger partial charge in [0.25, 0.3) is 9.70 Å². The van der Waals surface area contributed by atoms with Crippen LogP contribution in [0.2, 0.25) is 19.6 Å². The summed E-state index contributed by atoms with van der Waals surface area (Å²) >= 11 is 16.2. The maximum absolute atomic E-state index is 11.8. The average Bonchev–Trinajstić information content (AvgIpc) is 2.43. The SMILES string of the molecule is C[Si](C)(C)C#CC#Cc1ccccc1NC(=O)NC(=O)C(Cl)(Cl)Cl. The first kappa shape index (κ1) is 20.4. The molecule has 0 atom stereocenters. The van der Waals surface area contributed by atoms with Crippen LogP contribution in [0.25, 0.3) is 0 Å². The van der Waals surface area contributed by atoms with Crippen LogP contribution in [0.4, 0.5) is 10.5 Å². The van der Waals surface area contributed by atoms with Gasteiger partial charge in [-0.25, -0.2) is 4.79 Å². The predicted molar refractivity (Wildman–Crippen MR) is 102 cm³/mol. The summed E-state index contributed by atoms with van der Waals surface area (Å²) in [7, 11) is -1.49. The van der Waals surface area contributed by atoms with Gasteiger partial charge in [-0.1, -0.05) is 72.5 Å². The summed E-state index contributed by atoms with van der Waals surface area (Å²) in [5, 5.41) is 4.41. The molecule has 0 saturated carbocycles. The number of urea groups is 1. The van der Waals surface area contributed by atoms with Crippen molar-refractivity contribution in [3.8, 4) is 23.3 Å². The number of benzene rings is 1. The van der Waals surface area contributed by atoms with E-state index in [0.717, 1.165) is 0 Å². The molecule has 0 spiro atoms. The molecule has 1 aromatic rings. The zero-order valence-corrected chi connectivity index (χ0v) is 16.5. The van der Waals surface area contributed by atoms with E-state index in [1.54, 1.807) is 24.3 Å². The number of halogens is 3. The van der Waals surface area contributed by atoms with Crippen LogP contribution in [0.3, 0.4) is 0 Å². The first-order chi connectivity index (χ1) is 11.0. The van der Waals surface area contributed by atoms with E-state index in [-0.39, 0.29) is 0 Å². The molecule has 0 aromatic heterocycles. The highest BCUT2D eigenvalue weighted by atomic mass is 35.6. The second-order valence-electron chi connectivity index (χ2n) is 5.70. The number of rotatable bonds is 1. The molecule has 0 unspecified atom stereocenters. The summed E-state index contributed by atoms with van der Waals surface area (Å²) in [5.41, 5.74) is 4.09. The van der Waals surface area contributed by atoms with E-state index < -0.39 is 23.8 Å². The van der Waals surface area contributed by atoms with Gasteiger partial charge in [-0.3, -0.25) is 10.1 Å². The zero-order chi connectivity index (χ0) is 18.4. The van der Waals surface area contributed by atoms with E-state index in [2.05, 4.69) is 48.3 Å². The second-order valence-corrected chi connectivity index (χ2v) is 12.7. The third-order valence-electron chi connectivity index (χ3n) is 2.36. The highest BCUT2D eigenvalue weighted by Crippen LogP contribution is 2.25. The Morgan fingerprint density at radius 2 is 1.71 bits per heavy atom. The van der Waals surface area contributed by atoms with Gasteiger partial charge in [-0.2, -0.15) is 0 Å². The van der Waals surface area contributed by atoms with Gasteiger partial charge < -0.3 is 5.32 Å². The van der Waals surface area contributed by atoms with Gasteiger partial charge in [0.15, 0.2) is 0 Å². The molecule has 0 aliphatic rings. The number of alkyl halides is 3. The van der Waals surface area contributed by atoms with Crippen LogP contribution in [-0.2, 0) is 4.79 Å². The first-order valence-corrected chi connectivity index (χ1v) is 11.4. The number of hydrogen-bond acceptors (Lipinski definition) is 2. The molecule has 8 heteroatoms. The van der Waals surface area contributed by atoms with Gasteiger partial charge in [0.05, 0.1) is 5.69 Å². The molecule has 1 aromatic carbocycles. The van der Waals surface area contributed by atoms with E-state index in [1.807, 2.05) is 5.32 Å². The Labute approximate surface area is 157 Å². The minimum Gasteiger partial charge on any atom is -0.306 e. The van der Waals surface area contributed by atoms with E-state index >= 15 is 0 Å². The number of nitrogens with one attached hydrogen (secondary N) is 2. The van der Waals surface area contributed by atoms with E-state index in [9.17, 15) is 9.59 Å². The maximum atomic E-state index is 11.8. The lowest BCUT2D eigenvalue weighted by molar-refractivity contribution is -0.119. The van der Waals surface area contributed by atoms with E-state index in [0.29, 0.717) is 11.3 Å². The summed E-state index contributed by atoms with van der Waals surface area (Å²) in [6.07, 6.45) is 0. The number of amides is 3. The molecule has 0 fully saturated rings. The molecule has 0 heterocycles. The van der Waals surface area contributed by atoms with Gasteiger partial charge in [0.1, 0.15) is 8.07 Å². The van der Waals surface area contributed by atoms with Gasteiger partial charge in [-0.15, -0.1) is 5.54 Å². The van der Waals surface area contributed by atoms with Crippen LogP contribution in [0.5, 0.6) is 0 Å². The van der Waals surface area contributed by atoms with Crippen molar-refractivity contribution >= 4 is 60.5 Å². The van der Waals surface area contributed by atoms with Gasteiger partial charge in [0.2, 0.25) is 0 Å². The fraction of sp³-hybridized carbons (Fsp3) is 0.250. The fourth-order valence-corrected chi connectivity index (χ4v) is 1.93. The molecule has 0 aliphatic heterocycles. The van der Waals surface area contributed by atoms with Crippen LogP contribution in [-0.4, -0.2) is 23.8 Å². The van der Waals surface area contributed by atoms with E-state index in [4.69, 9.17) is 34.8 Å². The minimum atomic E-state index is -2.22. The molecule has 126 valence electrons. The molecule has 0 saturated heterocycles. The van der Waals surface area contributed by atoms with Crippen molar-refractivity contribution in [3.63, 3.8) is 0 Å². The largest absolute Gasteiger partial charge is 0.326 e. The Morgan fingerprint density at radius 1 is 1.08 bits per heavy atom. The highest BCUT2D eigenvalue weighted by molar-refractivity contribution is 6.83. The van der Waals surface area contributed by atoms with Crippen molar-refractivity contribution in [3.05, 3.63) is 29.8 Å². The van der Waals surface area contributed by atoms with Crippen LogP contribution in [0, 0.1) is 23.3 Å². The average molecular weight is 402 g/mol. The van der Waals surface area contributed by atoms with Gasteiger partial charge in [0, 0.05) is 5.56 Å². The summed E-state index contributed by atoms with van der Waals surface area (Å²) in [6, 6.07) is 6.01. The number of hydrogen-bond donors (Lipinski definition) is 2. The molecule has 2 N–H and O–H groups in total. The molecule has 4 nitrogen and oxygen atoms in total. The molecule has 24 heavy (non-hydrogen) atoms. The molecule has 1 rings (SSSR count). The second kappa shape index (κ2) is 8.46. The van der Waals surface area contributed by atoms with Crippen molar-refractivity contribution in [2.75, 3.05) is 5.32 Å². The Morgan fingerprint density at radius 3 is 2.29 bits per heavy atom. The molecule has 3 amide bonds. The molecular weight excluding hydrogens is 387 g/mol. The fourth-order valence-electron chi connectivity index (χ4n) is 1.35. The number of carbonyl (C=O) groups excluding carboxylic acids is 2. The third-order valence-corrected chi connectivity index (χ3v) is 3.75. The quantitative estimate of drug-likeness (QED) is 0.425. The summed E-state index contributed by atoms with van der Waals surface area (Å²) in [5.74, 6) is 7.40. The summed E-state index contributed by atoms with van der Waals surface area (Å²) in [6.45, 7) is 6.34. The van der Waals surface area contributed by atoms with Crippen molar-refractivity contribution in [1.82, 2.24) is 5.32 Å². The standard InChI is InChI=1S/C16H15Cl3N2O2Si/c1-24(2,3)11-7-6-9-12-8-4-5-10-13(12)20-15(23)21-14(22)16(17,18)19/h4-5,8,10H,1-3H3,(H2,20,21,22,23). The number of para-hydroxylation sites is 1. The normalized spacial score (nSPS) is 10.6. The lowest BCUT2D eigenvalue weighted by atomic mass is 10.2. The Hall–Kier alpha value is -1.63. The van der Waals surface area contributed by atoms with Crippen molar-refractivity contribution in [1.29, 1.82) is 0 Å². The van der Waals surface area contributed by atoms with Crippen molar-refractivity contribution in [2.24, 2.45) is 0 Å². The lowest BCUT2D eigenvalue weighted by Crippen LogP contribution is -2.41. The lowest BCUT2D eigenvalue weighted by Gasteiger charge is -2.12. The summed E-state index contributed by atoms with van der Waals surface area (Å²) in [4.78, 5) is 23.2. The van der Waals surface area contributed by atoms with Crippen LogP contribution >= 0.6 is 34.8 Å². The zero-order valence-electron chi connectivity index (χ0n) is 13.3. The number of imide groups is 1. The Balaban J connectivity index is 2.88. The van der Waals surface area contributed by atoms with Crippen molar-refractivity contribution < 1.29 is 9.59 Å². The van der Waals surface area contributed by atoms with Gasteiger partial charge >= 0.3 is 6.03 Å². The van der Waals surface area contributed by atoms with Gasteiger partial charge in [-0.05, 0) is 24.0 Å². The minimum absolute atomic E-state index is 0.412.